The summed E-state index contributed by atoms with van der Waals surface area (Å²) in [4.78, 5) is 28.8. The van der Waals surface area contributed by atoms with Crippen LogP contribution in [0.3, 0.4) is 0 Å². The summed E-state index contributed by atoms with van der Waals surface area (Å²) in [6.45, 7) is 2.75. The SMILES string of the molecule is Cc1ccccc1N(CC(=O)N(Cc1c(Cl)cccc1Cl)C(C)C(=O)NC1CCCC1)S(=O)(=O)c1ccc(Cl)cc1. The van der Waals surface area contributed by atoms with Gasteiger partial charge in [-0.3, -0.25) is 13.9 Å². The second kappa shape index (κ2) is 13.5. The molecule has 41 heavy (non-hydrogen) atoms. The molecule has 0 radical (unpaired) electrons. The zero-order chi connectivity index (χ0) is 29.7. The van der Waals surface area contributed by atoms with E-state index in [-0.39, 0.29) is 23.4 Å². The smallest absolute Gasteiger partial charge is 0.264 e. The predicted octanol–water partition coefficient (Wildman–Crippen LogP) is 6.63. The lowest BCUT2D eigenvalue weighted by atomic mass is 10.1. The van der Waals surface area contributed by atoms with E-state index >= 15 is 0 Å². The zero-order valence-corrected chi connectivity index (χ0v) is 25.9. The first-order valence-corrected chi connectivity index (χ1v) is 15.9. The van der Waals surface area contributed by atoms with Crippen LogP contribution < -0.4 is 9.62 Å². The minimum Gasteiger partial charge on any atom is -0.352 e. The molecule has 1 unspecified atom stereocenters. The Morgan fingerprint density at radius 3 is 2.15 bits per heavy atom. The molecule has 2 amide bonds. The quantitative estimate of drug-likeness (QED) is 0.271. The van der Waals surface area contributed by atoms with Crippen molar-refractivity contribution in [3.63, 3.8) is 0 Å². The first kappa shape index (κ1) is 31.2. The molecule has 0 aliphatic heterocycles. The number of para-hydroxylation sites is 1. The zero-order valence-electron chi connectivity index (χ0n) is 22.8. The van der Waals surface area contributed by atoms with E-state index in [0.717, 1.165) is 30.0 Å². The minimum absolute atomic E-state index is 0.0225. The Hall–Kier alpha value is -2.78. The molecule has 218 valence electrons. The number of carbonyl (C=O) groups excluding carboxylic acids is 2. The molecule has 1 fully saturated rings. The van der Waals surface area contributed by atoms with Crippen LogP contribution in [0, 0.1) is 6.92 Å². The van der Waals surface area contributed by atoms with Crippen molar-refractivity contribution >= 4 is 62.3 Å². The second-order valence-corrected chi connectivity index (χ2v) is 13.3. The van der Waals surface area contributed by atoms with Gasteiger partial charge in [0.1, 0.15) is 12.6 Å². The average molecular weight is 637 g/mol. The van der Waals surface area contributed by atoms with Gasteiger partial charge in [-0.2, -0.15) is 0 Å². The van der Waals surface area contributed by atoms with Gasteiger partial charge < -0.3 is 10.2 Å². The Morgan fingerprint density at radius 2 is 1.54 bits per heavy atom. The van der Waals surface area contributed by atoms with Gasteiger partial charge in [0.05, 0.1) is 10.6 Å². The number of halogens is 3. The van der Waals surface area contributed by atoms with Gasteiger partial charge in [0.25, 0.3) is 10.0 Å². The molecule has 11 heteroatoms. The molecule has 1 saturated carbocycles. The van der Waals surface area contributed by atoms with Gasteiger partial charge in [-0.25, -0.2) is 8.42 Å². The number of carbonyl (C=O) groups is 2. The third-order valence-corrected chi connectivity index (χ3v) is 10.1. The number of sulfonamides is 1. The highest BCUT2D eigenvalue weighted by atomic mass is 35.5. The van der Waals surface area contributed by atoms with Gasteiger partial charge in [-0.15, -0.1) is 0 Å². The van der Waals surface area contributed by atoms with Crippen LogP contribution in [-0.2, 0) is 26.2 Å². The van der Waals surface area contributed by atoms with E-state index in [9.17, 15) is 18.0 Å². The number of nitrogens with one attached hydrogen (secondary N) is 1. The molecular weight excluding hydrogens is 605 g/mol. The molecule has 3 aromatic carbocycles. The molecule has 0 spiro atoms. The van der Waals surface area contributed by atoms with E-state index in [1.165, 1.54) is 29.2 Å². The van der Waals surface area contributed by atoms with Gasteiger partial charge >= 0.3 is 0 Å². The van der Waals surface area contributed by atoms with Gasteiger partial charge in [-0.05, 0) is 74.7 Å². The summed E-state index contributed by atoms with van der Waals surface area (Å²) < 4.78 is 29.0. The van der Waals surface area contributed by atoms with E-state index < -0.39 is 28.5 Å². The predicted molar refractivity (Wildman–Crippen MR) is 164 cm³/mol. The molecule has 0 saturated heterocycles. The summed E-state index contributed by atoms with van der Waals surface area (Å²) in [6.07, 6.45) is 3.82. The highest BCUT2D eigenvalue weighted by molar-refractivity contribution is 7.92. The molecule has 4 rings (SSSR count). The summed E-state index contributed by atoms with van der Waals surface area (Å²) >= 11 is 18.9. The molecule has 0 heterocycles. The first-order chi connectivity index (χ1) is 19.5. The van der Waals surface area contributed by atoms with E-state index in [2.05, 4.69) is 5.32 Å². The Balaban J connectivity index is 1.73. The minimum atomic E-state index is -4.20. The highest BCUT2D eigenvalue weighted by Gasteiger charge is 2.34. The summed E-state index contributed by atoms with van der Waals surface area (Å²) in [7, 11) is -4.20. The summed E-state index contributed by atoms with van der Waals surface area (Å²) in [5.41, 5.74) is 1.47. The van der Waals surface area contributed by atoms with Crippen molar-refractivity contribution < 1.29 is 18.0 Å². The van der Waals surface area contributed by atoms with Gasteiger partial charge in [0.2, 0.25) is 11.8 Å². The van der Waals surface area contributed by atoms with Crippen LogP contribution in [0.25, 0.3) is 0 Å². The molecule has 1 aliphatic rings. The highest BCUT2D eigenvalue weighted by Crippen LogP contribution is 2.30. The van der Waals surface area contributed by atoms with Crippen molar-refractivity contribution in [2.75, 3.05) is 10.8 Å². The number of amides is 2. The van der Waals surface area contributed by atoms with E-state index in [1.54, 1.807) is 56.3 Å². The number of nitrogens with zero attached hydrogens (tertiary/aromatic N) is 2. The van der Waals surface area contributed by atoms with Crippen LogP contribution in [0.4, 0.5) is 5.69 Å². The van der Waals surface area contributed by atoms with Crippen LogP contribution >= 0.6 is 34.8 Å². The Kier molecular flexibility index (Phi) is 10.2. The van der Waals surface area contributed by atoms with Crippen LogP contribution in [0.2, 0.25) is 15.1 Å². The van der Waals surface area contributed by atoms with Gasteiger partial charge in [0.15, 0.2) is 0 Å². The van der Waals surface area contributed by atoms with Crippen molar-refractivity contribution in [2.45, 2.75) is 63.1 Å². The number of benzene rings is 3. The molecular formula is C30H32Cl3N3O4S. The largest absolute Gasteiger partial charge is 0.352 e. The molecule has 7 nitrogen and oxygen atoms in total. The number of hydrogen-bond acceptors (Lipinski definition) is 4. The third kappa shape index (κ3) is 7.36. The maximum Gasteiger partial charge on any atom is 0.264 e. The molecule has 0 bridgehead atoms. The second-order valence-electron chi connectivity index (χ2n) is 10.1. The summed E-state index contributed by atoms with van der Waals surface area (Å²) in [5, 5.41) is 4.10. The Morgan fingerprint density at radius 1 is 0.927 bits per heavy atom. The average Bonchev–Trinajstić information content (AvgIpc) is 3.45. The fourth-order valence-electron chi connectivity index (χ4n) is 4.92. The van der Waals surface area contributed by atoms with Crippen LogP contribution in [0.15, 0.2) is 71.6 Å². The van der Waals surface area contributed by atoms with Crippen molar-refractivity contribution in [2.24, 2.45) is 0 Å². The Bertz CT molecular complexity index is 1490. The maximum absolute atomic E-state index is 14.1. The molecule has 1 aliphatic carbocycles. The Labute approximate surface area is 256 Å². The molecule has 0 aromatic heterocycles. The summed E-state index contributed by atoms with van der Waals surface area (Å²) in [5.74, 6) is -0.910. The molecule has 3 aromatic rings. The third-order valence-electron chi connectivity index (χ3n) is 7.32. The van der Waals surface area contributed by atoms with Gasteiger partial charge in [-0.1, -0.05) is 71.9 Å². The topological polar surface area (TPSA) is 86.8 Å². The van der Waals surface area contributed by atoms with Crippen molar-refractivity contribution in [1.29, 1.82) is 0 Å². The van der Waals surface area contributed by atoms with E-state index in [4.69, 9.17) is 34.8 Å². The molecule has 1 N–H and O–H groups in total. The van der Waals surface area contributed by atoms with Crippen LogP contribution in [-0.4, -0.2) is 43.8 Å². The monoisotopic (exact) mass is 635 g/mol. The summed E-state index contributed by atoms with van der Waals surface area (Å²) in [6, 6.07) is 16.8. The number of rotatable bonds is 10. The van der Waals surface area contributed by atoms with Crippen LogP contribution in [0.1, 0.15) is 43.7 Å². The van der Waals surface area contributed by atoms with Crippen molar-refractivity contribution in [3.8, 4) is 0 Å². The lowest BCUT2D eigenvalue weighted by molar-refractivity contribution is -0.139. The lowest BCUT2D eigenvalue weighted by Gasteiger charge is -2.33. The lowest BCUT2D eigenvalue weighted by Crippen LogP contribution is -2.52. The molecule has 1 atom stereocenters. The number of hydrogen-bond donors (Lipinski definition) is 1. The fraction of sp³-hybridized carbons (Fsp3) is 0.333. The van der Waals surface area contributed by atoms with Gasteiger partial charge in [0, 0.05) is 33.2 Å². The standard InChI is InChI=1S/C30H32Cl3N3O4S/c1-20-8-3-6-13-28(20)36(41(39,40)24-16-14-22(31)15-17-24)19-29(37)35(18-25-26(32)11-7-12-27(25)33)21(2)30(38)34-23-9-4-5-10-23/h3,6-8,11-17,21,23H,4-5,9-10,18-19H2,1-2H3,(H,34,38). The number of aryl methyl sites for hydroxylation is 1. The first-order valence-electron chi connectivity index (χ1n) is 13.4. The van der Waals surface area contributed by atoms with Crippen molar-refractivity contribution in [3.05, 3.63) is 92.9 Å². The van der Waals surface area contributed by atoms with Crippen LogP contribution in [0.5, 0.6) is 0 Å². The number of anilines is 1. The fourth-order valence-corrected chi connectivity index (χ4v) is 7.04. The normalized spacial score (nSPS) is 14.5. The van der Waals surface area contributed by atoms with E-state index in [0.29, 0.717) is 31.9 Å². The van der Waals surface area contributed by atoms with Crippen molar-refractivity contribution in [1.82, 2.24) is 10.2 Å². The maximum atomic E-state index is 14.1. The van der Waals surface area contributed by atoms with E-state index in [1.807, 2.05) is 0 Å².